The van der Waals surface area contributed by atoms with Gasteiger partial charge in [-0.2, -0.15) is 5.26 Å². The third-order valence-corrected chi connectivity index (χ3v) is 6.26. The molecule has 0 spiro atoms. The largest absolute Gasteiger partial charge is 0.497 e. The Morgan fingerprint density at radius 3 is 2.50 bits per heavy atom. The van der Waals surface area contributed by atoms with Crippen molar-refractivity contribution in [1.29, 1.82) is 5.26 Å². The van der Waals surface area contributed by atoms with Crippen LogP contribution in [0.3, 0.4) is 0 Å². The van der Waals surface area contributed by atoms with Gasteiger partial charge in [0.05, 0.1) is 36.9 Å². The zero-order chi connectivity index (χ0) is 26.3. The number of nitrogens with zero attached hydrogens (tertiary/aromatic N) is 7. The standard InChI is InChI=1S/C28H24ClN7O2/c1-37-22-11-13-23(14-12-22)38-18-17-35(16-4-15-30)21-9-7-20(8-10-21)33-27-26(24-5-2-3-6-25(24)29)34-36-28(27)31-19-32-36/h2-3,5-14,19H,4,16-18H2,1H3/b33-27-. The first kappa shape index (κ1) is 25.0. The fraction of sp³-hybridized carbons (Fsp3) is 0.179. The third kappa shape index (κ3) is 5.51. The Labute approximate surface area is 225 Å². The normalized spacial score (nSPS) is 13.1. The first-order valence-corrected chi connectivity index (χ1v) is 12.4. The zero-order valence-corrected chi connectivity index (χ0v) is 21.4. The predicted molar refractivity (Wildman–Crippen MR) is 147 cm³/mol. The Hall–Kier alpha value is -4.68. The van der Waals surface area contributed by atoms with Crippen molar-refractivity contribution in [3.8, 4) is 17.6 Å². The number of halogens is 1. The molecule has 9 nitrogen and oxygen atoms in total. The van der Waals surface area contributed by atoms with E-state index in [0.29, 0.717) is 48.4 Å². The van der Waals surface area contributed by atoms with Crippen LogP contribution in [0.15, 0.2) is 89.2 Å². The van der Waals surface area contributed by atoms with E-state index in [4.69, 9.17) is 31.3 Å². The molecule has 0 saturated carbocycles. The van der Waals surface area contributed by atoms with E-state index in [1.165, 1.54) is 11.1 Å². The summed E-state index contributed by atoms with van der Waals surface area (Å²) >= 11 is 6.44. The van der Waals surface area contributed by atoms with Crippen molar-refractivity contribution in [2.75, 3.05) is 31.7 Å². The van der Waals surface area contributed by atoms with Crippen molar-refractivity contribution in [2.24, 2.45) is 10.1 Å². The van der Waals surface area contributed by atoms with Gasteiger partial charge in [-0.05, 0) is 54.6 Å². The molecule has 1 aromatic heterocycles. The molecular weight excluding hydrogens is 502 g/mol. The van der Waals surface area contributed by atoms with Gasteiger partial charge in [0.25, 0.3) is 0 Å². The maximum absolute atomic E-state index is 9.15. The van der Waals surface area contributed by atoms with Crippen LogP contribution >= 0.6 is 11.6 Å². The minimum Gasteiger partial charge on any atom is -0.497 e. The van der Waals surface area contributed by atoms with Gasteiger partial charge in [-0.3, -0.25) is 0 Å². The molecule has 0 unspecified atom stereocenters. The molecule has 5 rings (SSSR count). The van der Waals surface area contributed by atoms with Crippen LogP contribution in [-0.2, 0) is 0 Å². The summed E-state index contributed by atoms with van der Waals surface area (Å²) < 4.78 is 11.1. The molecule has 0 N–H and O–H groups in total. The second-order valence-electron chi connectivity index (χ2n) is 8.30. The Bertz CT molecular complexity index is 1510. The molecule has 0 amide bonds. The molecule has 0 bridgehead atoms. The monoisotopic (exact) mass is 525 g/mol. The number of anilines is 1. The van der Waals surface area contributed by atoms with E-state index in [1.54, 1.807) is 7.11 Å². The number of methoxy groups -OCH3 is 1. The van der Waals surface area contributed by atoms with Gasteiger partial charge in [0.2, 0.25) is 5.82 Å². The summed E-state index contributed by atoms with van der Waals surface area (Å²) in [5.74, 6) is 2.09. The minimum atomic E-state index is 0.403. The summed E-state index contributed by atoms with van der Waals surface area (Å²) in [6.07, 6.45) is 1.85. The lowest BCUT2D eigenvalue weighted by molar-refractivity contribution is 0.323. The van der Waals surface area contributed by atoms with Gasteiger partial charge in [0, 0.05) is 17.8 Å². The summed E-state index contributed by atoms with van der Waals surface area (Å²) in [6, 6.07) is 25.0. The molecule has 38 heavy (non-hydrogen) atoms. The highest BCUT2D eigenvalue weighted by atomic mass is 35.5. The highest BCUT2D eigenvalue weighted by Gasteiger charge is 2.28. The molecule has 190 valence electrons. The molecule has 0 fully saturated rings. The molecule has 0 radical (unpaired) electrons. The number of hydrogen-bond donors (Lipinski definition) is 0. The summed E-state index contributed by atoms with van der Waals surface area (Å²) in [6.45, 7) is 1.67. The summed E-state index contributed by atoms with van der Waals surface area (Å²) in [7, 11) is 1.63. The Kier molecular flexibility index (Phi) is 7.62. The van der Waals surface area contributed by atoms with E-state index in [0.717, 1.165) is 28.4 Å². The fourth-order valence-electron chi connectivity index (χ4n) is 4.02. The van der Waals surface area contributed by atoms with Gasteiger partial charge in [0.1, 0.15) is 35.9 Å². The lowest BCUT2D eigenvalue weighted by Crippen LogP contribution is -2.29. The molecule has 0 aliphatic carbocycles. The smallest absolute Gasteiger partial charge is 0.204 e. The topological polar surface area (TPSA) is 101 Å². The van der Waals surface area contributed by atoms with E-state index < -0.39 is 0 Å². The summed E-state index contributed by atoms with van der Waals surface area (Å²) in [4.78, 5) is 12.8. The van der Waals surface area contributed by atoms with E-state index in [1.807, 2.05) is 72.8 Å². The van der Waals surface area contributed by atoms with Gasteiger partial charge >= 0.3 is 0 Å². The lowest BCUT2D eigenvalue weighted by atomic mass is 10.1. The number of benzene rings is 3. The number of rotatable bonds is 10. The number of fused-ring (bicyclic) bond motifs is 1. The molecule has 0 atom stereocenters. The zero-order valence-electron chi connectivity index (χ0n) is 20.7. The Morgan fingerprint density at radius 2 is 1.76 bits per heavy atom. The van der Waals surface area contributed by atoms with Crippen LogP contribution in [0.2, 0.25) is 5.02 Å². The molecular formula is C28H24ClN7O2. The average Bonchev–Trinajstić information content (AvgIpc) is 3.54. The van der Waals surface area contributed by atoms with Crippen LogP contribution in [0.1, 0.15) is 17.8 Å². The second-order valence-corrected chi connectivity index (χ2v) is 8.70. The average molecular weight is 526 g/mol. The van der Waals surface area contributed by atoms with Gasteiger partial charge in [0.15, 0.2) is 0 Å². The van der Waals surface area contributed by atoms with Crippen molar-refractivity contribution in [1.82, 2.24) is 14.9 Å². The van der Waals surface area contributed by atoms with E-state index in [-0.39, 0.29) is 0 Å². The Balaban J connectivity index is 1.33. The number of ether oxygens (including phenoxy) is 2. The van der Waals surface area contributed by atoms with Crippen LogP contribution in [0.5, 0.6) is 11.5 Å². The maximum Gasteiger partial charge on any atom is 0.204 e. The fourth-order valence-corrected chi connectivity index (χ4v) is 4.24. The molecule has 1 aliphatic rings. The number of aliphatic imine (C=N–C) groups is 1. The number of aromatic nitrogens is 3. The van der Waals surface area contributed by atoms with Gasteiger partial charge < -0.3 is 14.4 Å². The highest BCUT2D eigenvalue weighted by Crippen LogP contribution is 2.26. The molecule has 10 heteroatoms. The van der Waals surface area contributed by atoms with Crippen molar-refractivity contribution in [2.45, 2.75) is 6.42 Å². The van der Waals surface area contributed by atoms with E-state index in [2.05, 4.69) is 26.2 Å². The Morgan fingerprint density at radius 1 is 1.00 bits per heavy atom. The predicted octanol–water partition coefficient (Wildman–Crippen LogP) is 5.13. The first-order chi connectivity index (χ1) is 18.7. The molecule has 2 heterocycles. The van der Waals surface area contributed by atoms with E-state index in [9.17, 15) is 0 Å². The van der Waals surface area contributed by atoms with Crippen molar-refractivity contribution >= 4 is 34.4 Å². The lowest BCUT2D eigenvalue weighted by Gasteiger charge is -2.24. The van der Waals surface area contributed by atoms with E-state index >= 15 is 0 Å². The quantitative estimate of drug-likeness (QED) is 0.284. The number of nitriles is 1. The van der Waals surface area contributed by atoms with Crippen molar-refractivity contribution < 1.29 is 9.47 Å². The van der Waals surface area contributed by atoms with Gasteiger partial charge in [-0.25, -0.2) is 9.98 Å². The van der Waals surface area contributed by atoms with Crippen LogP contribution in [0, 0.1) is 11.3 Å². The highest BCUT2D eigenvalue weighted by molar-refractivity contribution is 6.56. The molecule has 4 aromatic rings. The second kappa shape index (κ2) is 11.6. The van der Waals surface area contributed by atoms with Crippen molar-refractivity contribution in [3.63, 3.8) is 0 Å². The number of hydrogen-bond acceptors (Lipinski definition) is 8. The first-order valence-electron chi connectivity index (χ1n) is 12.0. The van der Waals surface area contributed by atoms with Gasteiger partial charge in [-0.1, -0.05) is 29.8 Å². The van der Waals surface area contributed by atoms with Crippen LogP contribution in [-0.4, -0.2) is 53.1 Å². The van der Waals surface area contributed by atoms with Crippen LogP contribution in [0.4, 0.5) is 11.4 Å². The van der Waals surface area contributed by atoms with Crippen LogP contribution in [0.25, 0.3) is 0 Å². The molecule has 1 aliphatic heterocycles. The SMILES string of the molecule is COc1ccc(OCCN(CCC#N)c2ccc(/N=C3/C(c4ccccc4Cl)=Nn4ncnc43)cc2)cc1. The third-order valence-electron chi connectivity index (χ3n) is 5.93. The summed E-state index contributed by atoms with van der Waals surface area (Å²) in [5, 5.41) is 18.4. The maximum atomic E-state index is 9.15. The van der Waals surface area contributed by atoms with Gasteiger partial charge in [-0.15, -0.1) is 15.0 Å². The minimum absolute atomic E-state index is 0.403. The van der Waals surface area contributed by atoms with Crippen LogP contribution < -0.4 is 14.4 Å². The molecule has 3 aromatic carbocycles. The van der Waals surface area contributed by atoms with Crippen molar-refractivity contribution in [3.05, 3.63) is 95.5 Å². The molecule has 0 saturated heterocycles. The summed E-state index contributed by atoms with van der Waals surface area (Å²) in [5.41, 5.74) is 3.67.